The lowest BCUT2D eigenvalue weighted by Crippen LogP contribution is -2.38. The molecule has 0 radical (unpaired) electrons. The molecule has 4 N–H and O–H groups in total. The number of nitrogens with one attached hydrogen (secondary N) is 2. The van der Waals surface area contributed by atoms with E-state index in [0.717, 1.165) is 0 Å². The van der Waals surface area contributed by atoms with Crippen LogP contribution in [0.3, 0.4) is 0 Å². The normalized spacial score (nSPS) is 18.5. The van der Waals surface area contributed by atoms with Gasteiger partial charge in [-0.15, -0.1) is 0 Å². The highest BCUT2D eigenvalue weighted by Crippen LogP contribution is 2.44. The van der Waals surface area contributed by atoms with Crippen molar-refractivity contribution in [2.45, 2.75) is 31.7 Å². The van der Waals surface area contributed by atoms with Gasteiger partial charge in [-0.1, -0.05) is 6.07 Å². The van der Waals surface area contributed by atoms with Gasteiger partial charge in [-0.25, -0.2) is 4.39 Å². The molecule has 1 amide bonds. The number of rotatable bonds is 5. The number of halogens is 1. The largest absolute Gasteiger partial charge is 0.349 e. The fourth-order valence-corrected chi connectivity index (χ4v) is 2.62. The minimum absolute atomic E-state index is 0.0605. The van der Waals surface area contributed by atoms with Crippen molar-refractivity contribution in [2.24, 2.45) is 17.7 Å². The maximum absolute atomic E-state index is 13.6. The van der Waals surface area contributed by atoms with E-state index in [9.17, 15) is 9.18 Å². The van der Waals surface area contributed by atoms with E-state index in [-0.39, 0.29) is 23.2 Å². The number of benzene rings is 1. The van der Waals surface area contributed by atoms with Crippen LogP contribution < -0.4 is 16.6 Å². The van der Waals surface area contributed by atoms with Crippen molar-refractivity contribution in [2.75, 3.05) is 5.43 Å². The summed E-state index contributed by atoms with van der Waals surface area (Å²) < 4.78 is 13.6. The minimum Gasteiger partial charge on any atom is -0.349 e. The van der Waals surface area contributed by atoms with Gasteiger partial charge in [0.1, 0.15) is 5.82 Å². The highest BCUT2D eigenvalue weighted by Gasteiger charge is 2.42. The van der Waals surface area contributed by atoms with Crippen molar-refractivity contribution in [1.82, 2.24) is 5.32 Å². The van der Waals surface area contributed by atoms with Crippen LogP contribution >= 0.6 is 0 Å². The molecule has 2 fully saturated rings. The average molecular weight is 263 g/mol. The molecule has 0 aliphatic heterocycles. The predicted molar refractivity (Wildman–Crippen MR) is 70.9 cm³/mol. The molecule has 19 heavy (non-hydrogen) atoms. The SMILES string of the molecule is NNc1c(F)cccc1C(=O)NC(C1CC1)C1CC1. The second-order valence-corrected chi connectivity index (χ2v) is 5.48. The smallest absolute Gasteiger partial charge is 0.253 e. The van der Waals surface area contributed by atoms with Gasteiger partial charge in [0, 0.05) is 6.04 Å². The maximum Gasteiger partial charge on any atom is 0.253 e. The third-order valence-electron chi connectivity index (χ3n) is 3.96. The van der Waals surface area contributed by atoms with Crippen LogP contribution in [0.5, 0.6) is 0 Å². The molecule has 0 spiro atoms. The van der Waals surface area contributed by atoms with Gasteiger partial charge in [-0.2, -0.15) is 0 Å². The molecule has 0 aromatic heterocycles. The van der Waals surface area contributed by atoms with E-state index in [2.05, 4.69) is 10.7 Å². The van der Waals surface area contributed by atoms with E-state index in [1.165, 1.54) is 37.8 Å². The van der Waals surface area contributed by atoms with Gasteiger partial charge in [0.25, 0.3) is 5.91 Å². The first-order valence-electron chi connectivity index (χ1n) is 6.76. The molecule has 0 saturated heterocycles. The molecule has 0 atom stereocenters. The first-order valence-corrected chi connectivity index (χ1v) is 6.76. The van der Waals surface area contributed by atoms with Crippen LogP contribution in [0.15, 0.2) is 18.2 Å². The summed E-state index contributed by atoms with van der Waals surface area (Å²) >= 11 is 0. The Hall–Kier alpha value is -1.62. The van der Waals surface area contributed by atoms with Crippen molar-refractivity contribution in [3.05, 3.63) is 29.6 Å². The van der Waals surface area contributed by atoms with E-state index in [1.54, 1.807) is 6.07 Å². The minimum atomic E-state index is -0.510. The molecule has 102 valence electrons. The Morgan fingerprint density at radius 2 is 1.89 bits per heavy atom. The Kier molecular flexibility index (Phi) is 3.14. The lowest BCUT2D eigenvalue weighted by Gasteiger charge is -2.19. The number of anilines is 1. The number of hydrogen-bond donors (Lipinski definition) is 3. The predicted octanol–water partition coefficient (Wildman–Crippen LogP) is 2.03. The highest BCUT2D eigenvalue weighted by molar-refractivity contribution is 5.99. The molecule has 0 heterocycles. The molecule has 1 aromatic carbocycles. The zero-order chi connectivity index (χ0) is 13.4. The molecule has 2 aliphatic rings. The molecule has 0 bridgehead atoms. The van der Waals surface area contributed by atoms with E-state index < -0.39 is 5.82 Å². The van der Waals surface area contributed by atoms with Gasteiger partial charge in [0.05, 0.1) is 11.3 Å². The maximum atomic E-state index is 13.6. The van der Waals surface area contributed by atoms with Crippen molar-refractivity contribution >= 4 is 11.6 Å². The van der Waals surface area contributed by atoms with E-state index >= 15 is 0 Å². The van der Waals surface area contributed by atoms with Crippen molar-refractivity contribution in [1.29, 1.82) is 0 Å². The molecule has 0 unspecified atom stereocenters. The number of carbonyl (C=O) groups excluding carboxylic acids is 1. The zero-order valence-corrected chi connectivity index (χ0v) is 10.7. The van der Waals surface area contributed by atoms with Gasteiger partial charge in [0.15, 0.2) is 0 Å². The van der Waals surface area contributed by atoms with Gasteiger partial charge in [0.2, 0.25) is 0 Å². The molecule has 1 aromatic rings. The van der Waals surface area contributed by atoms with Crippen LogP contribution in [0.2, 0.25) is 0 Å². The third-order valence-corrected chi connectivity index (χ3v) is 3.96. The van der Waals surface area contributed by atoms with Crippen molar-refractivity contribution in [3.8, 4) is 0 Å². The third kappa shape index (κ3) is 2.56. The number of hydrogen-bond acceptors (Lipinski definition) is 3. The Bertz CT molecular complexity index is 485. The second-order valence-electron chi connectivity index (χ2n) is 5.48. The Morgan fingerprint density at radius 1 is 1.26 bits per heavy atom. The molecular weight excluding hydrogens is 245 g/mol. The Morgan fingerprint density at radius 3 is 2.42 bits per heavy atom. The second kappa shape index (κ2) is 4.81. The van der Waals surface area contributed by atoms with Crippen molar-refractivity contribution < 1.29 is 9.18 Å². The summed E-state index contributed by atoms with van der Waals surface area (Å²) in [5, 5.41) is 3.06. The van der Waals surface area contributed by atoms with Gasteiger partial charge in [-0.3, -0.25) is 10.6 Å². The van der Waals surface area contributed by atoms with E-state index in [4.69, 9.17) is 5.84 Å². The monoisotopic (exact) mass is 263 g/mol. The van der Waals surface area contributed by atoms with Gasteiger partial charge >= 0.3 is 0 Å². The quantitative estimate of drug-likeness (QED) is 0.562. The standard InChI is InChI=1S/C14H18FN3O/c15-11-3-1-2-10(13(11)18-16)14(19)17-12(8-4-5-8)9-6-7-9/h1-3,8-9,12,18H,4-7,16H2,(H,17,19). The molecule has 2 saturated carbocycles. The topological polar surface area (TPSA) is 67.1 Å². The van der Waals surface area contributed by atoms with Crippen LogP contribution in [0, 0.1) is 17.7 Å². The number of amides is 1. The molecule has 4 nitrogen and oxygen atoms in total. The summed E-state index contributed by atoms with van der Waals surface area (Å²) in [6.07, 6.45) is 4.75. The zero-order valence-electron chi connectivity index (χ0n) is 10.7. The summed E-state index contributed by atoms with van der Waals surface area (Å²) in [5.41, 5.74) is 2.60. The summed E-state index contributed by atoms with van der Waals surface area (Å²) in [6.45, 7) is 0. The molecule has 2 aliphatic carbocycles. The fraction of sp³-hybridized carbons (Fsp3) is 0.500. The van der Waals surface area contributed by atoms with E-state index in [1.807, 2.05) is 0 Å². The summed E-state index contributed by atoms with van der Waals surface area (Å²) in [6, 6.07) is 4.64. The number of nitrogens with two attached hydrogens (primary N) is 1. The number of hydrazine groups is 1. The fourth-order valence-electron chi connectivity index (χ4n) is 2.62. The number of para-hydroxylation sites is 1. The number of nitrogen functional groups attached to an aromatic ring is 1. The van der Waals surface area contributed by atoms with Crippen LogP contribution in [0.1, 0.15) is 36.0 Å². The van der Waals surface area contributed by atoms with Crippen molar-refractivity contribution in [3.63, 3.8) is 0 Å². The first kappa shape index (κ1) is 12.4. The summed E-state index contributed by atoms with van der Waals surface area (Å²) in [5.74, 6) is 5.77. The van der Waals surface area contributed by atoms with Crippen LogP contribution in [-0.2, 0) is 0 Å². The Labute approximate surface area is 111 Å². The van der Waals surface area contributed by atoms with Gasteiger partial charge < -0.3 is 10.7 Å². The average Bonchev–Trinajstić information content (AvgIpc) is 3.28. The van der Waals surface area contributed by atoms with Crippen LogP contribution in [0.4, 0.5) is 10.1 Å². The summed E-state index contributed by atoms with van der Waals surface area (Å²) in [7, 11) is 0. The van der Waals surface area contributed by atoms with E-state index in [0.29, 0.717) is 11.8 Å². The van der Waals surface area contributed by atoms with Gasteiger partial charge in [-0.05, 0) is 49.7 Å². The first-order chi connectivity index (χ1) is 9.20. The lowest BCUT2D eigenvalue weighted by atomic mass is 10.1. The highest BCUT2D eigenvalue weighted by atomic mass is 19.1. The number of carbonyl (C=O) groups is 1. The van der Waals surface area contributed by atoms with Crippen LogP contribution in [-0.4, -0.2) is 11.9 Å². The molecular formula is C14H18FN3O. The lowest BCUT2D eigenvalue weighted by molar-refractivity contribution is 0.0926. The molecule has 5 heteroatoms. The molecule has 3 rings (SSSR count). The summed E-state index contributed by atoms with van der Waals surface area (Å²) in [4.78, 5) is 12.3. The van der Waals surface area contributed by atoms with Crippen LogP contribution in [0.25, 0.3) is 0 Å². The Balaban J connectivity index is 1.77.